The van der Waals surface area contributed by atoms with E-state index in [4.69, 9.17) is 12.2 Å². The summed E-state index contributed by atoms with van der Waals surface area (Å²) in [6.45, 7) is 7.64. The van der Waals surface area contributed by atoms with Crippen LogP contribution in [0.4, 0.5) is 0 Å². The molecule has 0 heterocycles. The largest absolute Gasteiger partial charge is 0.366 e. The second kappa shape index (κ2) is 5.66. The van der Waals surface area contributed by atoms with Crippen LogP contribution in [0, 0.1) is 0 Å². The van der Waals surface area contributed by atoms with Gasteiger partial charge in [-0.05, 0) is 20.3 Å². The summed E-state index contributed by atoms with van der Waals surface area (Å²) in [4.78, 5) is 2.19. The molecule has 60 valence electrons. The molecular formula is C8H17NS. The zero-order chi connectivity index (χ0) is 7.98. The minimum atomic E-state index is 0.559. The molecule has 0 saturated heterocycles. The van der Waals surface area contributed by atoms with E-state index in [1.807, 2.05) is 0 Å². The van der Waals surface area contributed by atoms with Crippen molar-refractivity contribution in [1.82, 2.24) is 4.90 Å². The third-order valence-corrected chi connectivity index (χ3v) is 1.84. The van der Waals surface area contributed by atoms with Crippen LogP contribution in [0.1, 0.15) is 33.6 Å². The fraction of sp³-hybridized carbons (Fsp3) is 0.875. The molecule has 0 aromatic heterocycles. The Morgan fingerprint density at radius 1 is 1.50 bits per heavy atom. The van der Waals surface area contributed by atoms with Gasteiger partial charge in [0.05, 0.1) is 5.49 Å². The van der Waals surface area contributed by atoms with Crippen molar-refractivity contribution in [1.29, 1.82) is 0 Å². The number of thiocarbonyl (C=S) groups is 1. The van der Waals surface area contributed by atoms with Gasteiger partial charge < -0.3 is 4.90 Å². The zero-order valence-corrected chi connectivity index (χ0v) is 7.95. The first-order valence-electron chi connectivity index (χ1n) is 3.93. The minimum absolute atomic E-state index is 0.559. The van der Waals surface area contributed by atoms with E-state index in [1.165, 1.54) is 12.8 Å². The second-order valence-electron chi connectivity index (χ2n) is 2.79. The summed E-state index contributed by atoms with van der Waals surface area (Å²) in [5, 5.41) is 0. The highest BCUT2D eigenvalue weighted by Gasteiger charge is 2.01. The molecule has 1 nitrogen and oxygen atoms in total. The highest BCUT2D eigenvalue weighted by Crippen LogP contribution is 1.97. The van der Waals surface area contributed by atoms with Gasteiger partial charge in [-0.1, -0.05) is 25.6 Å². The van der Waals surface area contributed by atoms with Crippen LogP contribution >= 0.6 is 12.2 Å². The van der Waals surface area contributed by atoms with E-state index in [0.29, 0.717) is 6.04 Å². The Labute approximate surface area is 69.4 Å². The molecule has 0 aliphatic carbocycles. The van der Waals surface area contributed by atoms with Gasteiger partial charge in [-0.25, -0.2) is 0 Å². The van der Waals surface area contributed by atoms with E-state index in [1.54, 1.807) is 5.49 Å². The van der Waals surface area contributed by atoms with Crippen LogP contribution in [0.15, 0.2) is 0 Å². The lowest BCUT2D eigenvalue weighted by Gasteiger charge is -2.22. The van der Waals surface area contributed by atoms with E-state index < -0.39 is 0 Å². The molecule has 0 aliphatic rings. The molecule has 0 atom stereocenters. The molecule has 0 rings (SSSR count). The van der Waals surface area contributed by atoms with Crippen LogP contribution in [0.5, 0.6) is 0 Å². The van der Waals surface area contributed by atoms with Crippen molar-refractivity contribution in [2.75, 3.05) is 6.54 Å². The number of hydrogen-bond acceptors (Lipinski definition) is 1. The van der Waals surface area contributed by atoms with E-state index >= 15 is 0 Å². The SMILES string of the molecule is CCCCN(C=S)C(C)C. The number of hydrogen-bond donors (Lipinski definition) is 0. The number of unbranched alkanes of at least 4 members (excludes halogenated alkanes) is 1. The topological polar surface area (TPSA) is 3.24 Å². The summed E-state index contributed by atoms with van der Waals surface area (Å²) in [6, 6.07) is 0.559. The molecule has 0 saturated carbocycles. The average Bonchev–Trinajstić information content (AvgIpc) is 1.89. The Kier molecular flexibility index (Phi) is 5.60. The first kappa shape index (κ1) is 9.89. The van der Waals surface area contributed by atoms with E-state index in [2.05, 4.69) is 25.7 Å². The fourth-order valence-corrected chi connectivity index (χ4v) is 1.12. The standard InChI is InChI=1S/C8H17NS/c1-4-5-6-9(7-10)8(2)3/h7-8H,4-6H2,1-3H3. The van der Waals surface area contributed by atoms with Crippen LogP contribution in [-0.4, -0.2) is 23.0 Å². The average molecular weight is 159 g/mol. The molecule has 2 heteroatoms. The van der Waals surface area contributed by atoms with Gasteiger partial charge >= 0.3 is 0 Å². The van der Waals surface area contributed by atoms with Gasteiger partial charge in [0.1, 0.15) is 0 Å². The Morgan fingerprint density at radius 3 is 2.40 bits per heavy atom. The van der Waals surface area contributed by atoms with E-state index in [0.717, 1.165) is 6.54 Å². The van der Waals surface area contributed by atoms with Crippen molar-refractivity contribution in [2.45, 2.75) is 39.7 Å². The van der Waals surface area contributed by atoms with E-state index in [-0.39, 0.29) is 0 Å². The Hall–Kier alpha value is -0.110. The highest BCUT2D eigenvalue weighted by molar-refractivity contribution is 7.78. The van der Waals surface area contributed by atoms with Crippen molar-refractivity contribution < 1.29 is 0 Å². The van der Waals surface area contributed by atoms with Crippen molar-refractivity contribution >= 4 is 17.7 Å². The quantitative estimate of drug-likeness (QED) is 0.567. The predicted octanol–water partition coefficient (Wildman–Crippen LogP) is 2.45. The van der Waals surface area contributed by atoms with Gasteiger partial charge in [0.2, 0.25) is 0 Å². The Morgan fingerprint density at radius 2 is 2.10 bits per heavy atom. The van der Waals surface area contributed by atoms with Crippen LogP contribution in [0.3, 0.4) is 0 Å². The summed E-state index contributed by atoms with van der Waals surface area (Å²) in [5.41, 5.74) is 1.76. The van der Waals surface area contributed by atoms with Crippen molar-refractivity contribution in [3.63, 3.8) is 0 Å². The van der Waals surface area contributed by atoms with Gasteiger partial charge in [0, 0.05) is 12.6 Å². The van der Waals surface area contributed by atoms with Crippen LogP contribution < -0.4 is 0 Å². The molecule has 0 aromatic rings. The lowest BCUT2D eigenvalue weighted by molar-refractivity contribution is 0.358. The normalized spacial score (nSPS) is 10.0. The zero-order valence-electron chi connectivity index (χ0n) is 7.13. The Balaban J connectivity index is 3.50. The maximum Gasteiger partial charge on any atom is 0.0643 e. The lowest BCUT2D eigenvalue weighted by atomic mass is 10.3. The highest BCUT2D eigenvalue weighted by atomic mass is 32.1. The van der Waals surface area contributed by atoms with Crippen molar-refractivity contribution in [3.8, 4) is 0 Å². The van der Waals surface area contributed by atoms with Gasteiger partial charge in [0.25, 0.3) is 0 Å². The molecule has 10 heavy (non-hydrogen) atoms. The van der Waals surface area contributed by atoms with Gasteiger partial charge in [-0.2, -0.15) is 0 Å². The molecule has 0 N–H and O–H groups in total. The van der Waals surface area contributed by atoms with Gasteiger partial charge in [0.15, 0.2) is 0 Å². The Bertz CT molecular complexity index is 91.3. The van der Waals surface area contributed by atoms with Crippen LogP contribution in [0.2, 0.25) is 0 Å². The summed E-state index contributed by atoms with van der Waals surface area (Å²) in [5.74, 6) is 0. The second-order valence-corrected chi connectivity index (χ2v) is 3.00. The molecule has 0 bridgehead atoms. The van der Waals surface area contributed by atoms with Crippen LogP contribution in [0.25, 0.3) is 0 Å². The first-order chi connectivity index (χ1) is 4.72. The molecule has 0 radical (unpaired) electrons. The first-order valence-corrected chi connectivity index (χ1v) is 4.40. The third kappa shape index (κ3) is 3.83. The summed E-state index contributed by atoms with van der Waals surface area (Å²) >= 11 is 4.86. The van der Waals surface area contributed by atoms with Crippen molar-refractivity contribution in [2.24, 2.45) is 0 Å². The summed E-state index contributed by atoms with van der Waals surface area (Å²) in [7, 11) is 0. The molecule has 0 aliphatic heterocycles. The smallest absolute Gasteiger partial charge is 0.0643 e. The monoisotopic (exact) mass is 159 g/mol. The summed E-state index contributed by atoms with van der Waals surface area (Å²) < 4.78 is 0. The molecule has 0 amide bonds. The molecule has 0 unspecified atom stereocenters. The molecule has 0 spiro atoms. The molecule has 0 fully saturated rings. The minimum Gasteiger partial charge on any atom is -0.366 e. The van der Waals surface area contributed by atoms with Crippen molar-refractivity contribution in [3.05, 3.63) is 0 Å². The van der Waals surface area contributed by atoms with Gasteiger partial charge in [-0.15, -0.1) is 0 Å². The van der Waals surface area contributed by atoms with Gasteiger partial charge in [-0.3, -0.25) is 0 Å². The maximum atomic E-state index is 4.86. The predicted molar refractivity (Wildman–Crippen MR) is 50.4 cm³/mol. The third-order valence-electron chi connectivity index (χ3n) is 1.57. The molecular weight excluding hydrogens is 142 g/mol. The van der Waals surface area contributed by atoms with E-state index in [9.17, 15) is 0 Å². The molecule has 0 aromatic carbocycles. The fourth-order valence-electron chi connectivity index (χ4n) is 0.773. The maximum absolute atomic E-state index is 4.86. The summed E-state index contributed by atoms with van der Waals surface area (Å²) in [6.07, 6.45) is 2.48. The van der Waals surface area contributed by atoms with Crippen LogP contribution in [-0.2, 0) is 0 Å². The lowest BCUT2D eigenvalue weighted by Crippen LogP contribution is -2.29. The number of nitrogens with zero attached hydrogens (tertiary/aromatic N) is 1. The number of rotatable bonds is 5.